The summed E-state index contributed by atoms with van der Waals surface area (Å²) in [5.41, 5.74) is 3.50. The van der Waals surface area contributed by atoms with Crippen molar-refractivity contribution in [2.75, 3.05) is 13.1 Å². The molecule has 1 saturated heterocycles. The Labute approximate surface area is 95.8 Å². The third kappa shape index (κ3) is 1.45. The summed E-state index contributed by atoms with van der Waals surface area (Å²) >= 11 is 0. The second-order valence-corrected chi connectivity index (χ2v) is 4.53. The molecule has 16 heavy (non-hydrogen) atoms. The number of aromatic nitrogens is 1. The van der Waals surface area contributed by atoms with Crippen LogP contribution in [0.25, 0.3) is 5.57 Å². The number of hydrogen-bond acceptors (Lipinski definition) is 2. The van der Waals surface area contributed by atoms with Crippen molar-refractivity contribution >= 4 is 5.57 Å². The van der Waals surface area contributed by atoms with Crippen molar-refractivity contribution in [3.05, 3.63) is 35.7 Å². The van der Waals surface area contributed by atoms with E-state index in [-0.39, 0.29) is 0 Å². The maximum Gasteiger partial charge on any atom is 0.0432 e. The molecule has 3 rings (SSSR count). The molecule has 1 N–H and O–H groups in total. The highest BCUT2D eigenvalue weighted by Crippen LogP contribution is 2.39. The van der Waals surface area contributed by atoms with E-state index >= 15 is 0 Å². The van der Waals surface area contributed by atoms with Crippen LogP contribution in [0.15, 0.2) is 24.5 Å². The highest BCUT2D eigenvalue weighted by molar-refractivity contribution is 5.70. The van der Waals surface area contributed by atoms with Gasteiger partial charge < -0.3 is 5.32 Å². The van der Waals surface area contributed by atoms with Gasteiger partial charge in [0.15, 0.2) is 0 Å². The number of nitrogens with zero attached hydrogens (tertiary/aromatic N) is 1. The first-order valence-electron chi connectivity index (χ1n) is 5.71. The molecule has 0 spiro atoms. The van der Waals surface area contributed by atoms with Gasteiger partial charge in [0, 0.05) is 30.4 Å². The average Bonchev–Trinajstić information content (AvgIpc) is 2.90. The first-order chi connectivity index (χ1) is 7.88. The van der Waals surface area contributed by atoms with Crippen LogP contribution in [0.1, 0.15) is 17.5 Å². The molecule has 1 aliphatic heterocycles. The van der Waals surface area contributed by atoms with E-state index in [9.17, 15) is 0 Å². The normalized spacial score (nSPS) is 27.3. The smallest absolute Gasteiger partial charge is 0.0432 e. The molecule has 80 valence electrons. The minimum Gasteiger partial charge on any atom is -0.316 e. The largest absolute Gasteiger partial charge is 0.316 e. The molecule has 2 heterocycles. The van der Waals surface area contributed by atoms with E-state index in [1.807, 2.05) is 6.20 Å². The predicted molar refractivity (Wildman–Crippen MR) is 64.6 cm³/mol. The molecule has 2 atom stereocenters. The maximum atomic E-state index is 5.40. The van der Waals surface area contributed by atoms with Crippen molar-refractivity contribution in [2.45, 2.75) is 6.42 Å². The molecule has 1 aromatic heterocycles. The average molecular weight is 210 g/mol. The van der Waals surface area contributed by atoms with E-state index < -0.39 is 0 Å². The zero-order chi connectivity index (χ0) is 11.0. The van der Waals surface area contributed by atoms with Crippen LogP contribution in [-0.2, 0) is 0 Å². The minimum absolute atomic E-state index is 0.662. The van der Waals surface area contributed by atoms with Gasteiger partial charge in [-0.05, 0) is 36.1 Å². The summed E-state index contributed by atoms with van der Waals surface area (Å²) < 4.78 is 0. The zero-order valence-corrected chi connectivity index (χ0v) is 9.11. The van der Waals surface area contributed by atoms with Crippen LogP contribution >= 0.6 is 0 Å². The van der Waals surface area contributed by atoms with E-state index in [0.717, 1.165) is 24.6 Å². The van der Waals surface area contributed by atoms with Crippen molar-refractivity contribution < 1.29 is 0 Å². The van der Waals surface area contributed by atoms with E-state index in [2.05, 4.69) is 28.4 Å². The molecule has 0 unspecified atom stereocenters. The third-order valence-electron chi connectivity index (χ3n) is 3.62. The maximum absolute atomic E-state index is 5.40. The molecule has 2 heteroatoms. The Balaban J connectivity index is 1.95. The molecule has 2 nitrogen and oxygen atoms in total. The molecule has 1 aliphatic carbocycles. The molecule has 1 aromatic rings. The van der Waals surface area contributed by atoms with Crippen LogP contribution in [0.5, 0.6) is 0 Å². The van der Waals surface area contributed by atoms with Crippen LogP contribution in [0, 0.1) is 24.2 Å². The summed E-state index contributed by atoms with van der Waals surface area (Å²) in [6.45, 7) is 2.24. The summed E-state index contributed by atoms with van der Waals surface area (Å²) in [6.07, 6.45) is 12.6. The Bertz CT molecular complexity index is 482. The van der Waals surface area contributed by atoms with Crippen LogP contribution in [0.2, 0.25) is 0 Å². The Morgan fingerprint density at radius 1 is 1.38 bits per heavy atom. The molecule has 1 fully saturated rings. The van der Waals surface area contributed by atoms with E-state index in [4.69, 9.17) is 6.42 Å². The second kappa shape index (κ2) is 3.77. The molecule has 2 aliphatic rings. The molecular formula is C14H14N2. The van der Waals surface area contributed by atoms with Gasteiger partial charge in [0.2, 0.25) is 0 Å². The fourth-order valence-corrected chi connectivity index (χ4v) is 2.78. The Kier molecular flexibility index (Phi) is 2.27. The molecule has 0 radical (unpaired) electrons. The second-order valence-electron chi connectivity index (χ2n) is 4.53. The van der Waals surface area contributed by atoms with Gasteiger partial charge in [-0.3, -0.25) is 4.98 Å². The fraction of sp³-hybridized carbons (Fsp3) is 0.357. The van der Waals surface area contributed by atoms with Gasteiger partial charge in [0.25, 0.3) is 0 Å². The van der Waals surface area contributed by atoms with Gasteiger partial charge in [-0.1, -0.05) is 12.0 Å². The van der Waals surface area contributed by atoms with E-state index in [1.54, 1.807) is 6.20 Å². The van der Waals surface area contributed by atoms with Crippen molar-refractivity contribution in [2.24, 2.45) is 11.8 Å². The molecular weight excluding hydrogens is 196 g/mol. The summed E-state index contributed by atoms with van der Waals surface area (Å²) in [5, 5.41) is 3.45. The zero-order valence-electron chi connectivity index (χ0n) is 9.11. The molecule has 0 amide bonds. The van der Waals surface area contributed by atoms with Gasteiger partial charge in [-0.2, -0.15) is 0 Å². The van der Waals surface area contributed by atoms with Crippen LogP contribution < -0.4 is 5.32 Å². The third-order valence-corrected chi connectivity index (χ3v) is 3.62. The number of fused-ring (bicyclic) bond motifs is 1. The number of pyridine rings is 1. The number of allylic oxidation sites excluding steroid dienone is 1. The van der Waals surface area contributed by atoms with Crippen molar-refractivity contribution in [3.8, 4) is 12.3 Å². The van der Waals surface area contributed by atoms with Gasteiger partial charge in [-0.25, -0.2) is 0 Å². The standard InChI is InChI=1S/C14H14N2/c1-2-10-5-12(8-15-6-10)13-4-3-11-7-16-9-14(11)13/h1,4-6,8,11,14,16H,3,7,9H2/t11-,14+/m0/s1. The lowest BCUT2D eigenvalue weighted by molar-refractivity contribution is 0.542. The topological polar surface area (TPSA) is 24.9 Å². The summed E-state index contributed by atoms with van der Waals surface area (Å²) in [5.74, 6) is 4.09. The summed E-state index contributed by atoms with van der Waals surface area (Å²) in [7, 11) is 0. The number of hydrogen-bond donors (Lipinski definition) is 1. The monoisotopic (exact) mass is 210 g/mol. The molecule has 0 saturated carbocycles. The van der Waals surface area contributed by atoms with Crippen LogP contribution in [0.3, 0.4) is 0 Å². The van der Waals surface area contributed by atoms with E-state index in [0.29, 0.717) is 5.92 Å². The predicted octanol–water partition coefficient (Wildman–Crippen LogP) is 1.69. The first-order valence-corrected chi connectivity index (χ1v) is 5.71. The van der Waals surface area contributed by atoms with E-state index in [1.165, 1.54) is 17.6 Å². The van der Waals surface area contributed by atoms with Crippen LogP contribution in [0.4, 0.5) is 0 Å². The van der Waals surface area contributed by atoms with Crippen molar-refractivity contribution in [1.29, 1.82) is 0 Å². The Morgan fingerprint density at radius 3 is 3.19 bits per heavy atom. The highest BCUT2D eigenvalue weighted by atomic mass is 14.9. The van der Waals surface area contributed by atoms with Gasteiger partial charge in [0.1, 0.15) is 0 Å². The summed E-state index contributed by atoms with van der Waals surface area (Å²) in [4.78, 5) is 4.21. The summed E-state index contributed by atoms with van der Waals surface area (Å²) in [6, 6.07) is 2.07. The van der Waals surface area contributed by atoms with Crippen molar-refractivity contribution in [3.63, 3.8) is 0 Å². The van der Waals surface area contributed by atoms with Crippen molar-refractivity contribution in [1.82, 2.24) is 10.3 Å². The SMILES string of the molecule is C#Cc1cncc(C2=CC[C@H]3CNC[C@@H]23)c1. The number of rotatable bonds is 1. The number of terminal acetylenes is 1. The lowest BCUT2D eigenvalue weighted by atomic mass is 9.91. The lowest BCUT2D eigenvalue weighted by Gasteiger charge is -2.13. The van der Waals surface area contributed by atoms with Crippen LogP contribution in [-0.4, -0.2) is 18.1 Å². The highest BCUT2D eigenvalue weighted by Gasteiger charge is 2.34. The number of nitrogens with one attached hydrogen (secondary N) is 1. The molecule has 0 aromatic carbocycles. The Hall–Kier alpha value is -1.59. The minimum atomic E-state index is 0.662. The van der Waals surface area contributed by atoms with Gasteiger partial charge in [0.05, 0.1) is 0 Å². The lowest BCUT2D eigenvalue weighted by Crippen LogP contribution is -2.10. The first kappa shape index (κ1) is 9.62. The molecule has 0 bridgehead atoms. The fourth-order valence-electron chi connectivity index (χ4n) is 2.78. The Morgan fingerprint density at radius 2 is 2.31 bits per heavy atom. The van der Waals surface area contributed by atoms with Gasteiger partial charge >= 0.3 is 0 Å². The van der Waals surface area contributed by atoms with Gasteiger partial charge in [-0.15, -0.1) is 6.42 Å². The quantitative estimate of drug-likeness (QED) is 0.713.